The van der Waals surface area contributed by atoms with Gasteiger partial charge in [-0.3, -0.25) is 4.79 Å². The molecule has 1 aromatic carbocycles. The number of aromatic amines is 2. The molecule has 0 saturated heterocycles. The van der Waals surface area contributed by atoms with Gasteiger partial charge in [0.15, 0.2) is 0 Å². The Kier molecular flexibility index (Phi) is 3.41. The number of benzene rings is 1. The number of nitrogens with zero attached hydrogens (tertiary/aromatic N) is 1. The van der Waals surface area contributed by atoms with Gasteiger partial charge in [-0.2, -0.15) is 0 Å². The first-order valence-corrected chi connectivity index (χ1v) is 6.52. The largest absolute Gasteiger partial charge is 0.496 e. The number of methoxy groups -OCH3 is 1. The molecule has 0 amide bonds. The fourth-order valence-corrected chi connectivity index (χ4v) is 2.14. The molecule has 2 N–H and O–H groups in total. The quantitative estimate of drug-likeness (QED) is 0.727. The zero-order valence-corrected chi connectivity index (χ0v) is 11.9. The van der Waals surface area contributed by atoms with Crippen LogP contribution in [0.5, 0.6) is 5.75 Å². The Morgan fingerprint density at radius 3 is 2.67 bits per heavy atom. The van der Waals surface area contributed by atoms with E-state index in [1.165, 1.54) is 0 Å². The van der Waals surface area contributed by atoms with Crippen LogP contribution in [0.15, 0.2) is 45.6 Å². The summed E-state index contributed by atoms with van der Waals surface area (Å²) in [6.07, 6.45) is 0. The van der Waals surface area contributed by atoms with Crippen molar-refractivity contribution in [2.45, 2.75) is 0 Å². The van der Waals surface area contributed by atoms with Crippen molar-refractivity contribution in [2.24, 2.45) is 0 Å². The summed E-state index contributed by atoms with van der Waals surface area (Å²) >= 11 is 4.80. The van der Waals surface area contributed by atoms with E-state index in [4.69, 9.17) is 21.4 Å². The van der Waals surface area contributed by atoms with Crippen LogP contribution >= 0.6 is 12.2 Å². The van der Waals surface area contributed by atoms with Crippen molar-refractivity contribution in [1.29, 1.82) is 0 Å². The summed E-state index contributed by atoms with van der Waals surface area (Å²) in [5, 5.41) is 6.33. The second kappa shape index (κ2) is 5.37. The van der Waals surface area contributed by atoms with Crippen LogP contribution < -0.4 is 10.3 Å². The van der Waals surface area contributed by atoms with E-state index in [0.29, 0.717) is 17.0 Å². The minimum Gasteiger partial charge on any atom is -0.496 e. The van der Waals surface area contributed by atoms with Gasteiger partial charge in [-0.25, -0.2) is 5.10 Å². The highest BCUT2D eigenvalue weighted by atomic mass is 32.1. The van der Waals surface area contributed by atoms with Gasteiger partial charge in [0.1, 0.15) is 11.3 Å². The zero-order valence-electron chi connectivity index (χ0n) is 11.0. The van der Waals surface area contributed by atoms with Crippen LogP contribution in [0.25, 0.3) is 22.7 Å². The molecule has 0 aliphatic carbocycles. The Morgan fingerprint density at radius 2 is 2.00 bits per heavy atom. The first-order valence-electron chi connectivity index (χ1n) is 6.11. The second-order valence-corrected chi connectivity index (χ2v) is 4.60. The molecule has 3 aromatic rings. The summed E-state index contributed by atoms with van der Waals surface area (Å²) in [5.74, 6) is 0.839. The van der Waals surface area contributed by atoms with Crippen LogP contribution in [-0.4, -0.2) is 22.3 Å². The first-order chi connectivity index (χ1) is 10.2. The summed E-state index contributed by atoms with van der Waals surface area (Å²) in [6.45, 7) is 0. The molecule has 0 atom stereocenters. The number of para-hydroxylation sites is 1. The van der Waals surface area contributed by atoms with E-state index in [1.807, 2.05) is 24.3 Å². The van der Waals surface area contributed by atoms with Gasteiger partial charge in [-0.1, -0.05) is 12.1 Å². The van der Waals surface area contributed by atoms with E-state index >= 15 is 0 Å². The lowest BCUT2D eigenvalue weighted by Crippen LogP contribution is -2.09. The fourth-order valence-electron chi connectivity index (χ4n) is 2.01. The lowest BCUT2D eigenvalue weighted by Gasteiger charge is -2.08. The maximum Gasteiger partial charge on any atom is 0.284 e. The summed E-state index contributed by atoms with van der Waals surface area (Å²) in [5.41, 5.74) is 1.44. The third kappa shape index (κ3) is 2.50. The van der Waals surface area contributed by atoms with E-state index in [-0.39, 0.29) is 16.3 Å². The van der Waals surface area contributed by atoms with Crippen molar-refractivity contribution in [3.05, 3.63) is 51.6 Å². The van der Waals surface area contributed by atoms with Gasteiger partial charge in [-0.05, 0) is 36.5 Å². The van der Waals surface area contributed by atoms with Crippen molar-refractivity contribution >= 4 is 12.2 Å². The van der Waals surface area contributed by atoms with Crippen molar-refractivity contribution in [2.75, 3.05) is 7.11 Å². The van der Waals surface area contributed by atoms with Crippen LogP contribution in [0, 0.1) is 4.84 Å². The Bertz CT molecular complexity index is 894. The lowest BCUT2D eigenvalue weighted by molar-refractivity contribution is 0.416. The molecular weight excluding hydrogens is 290 g/mol. The number of nitrogens with one attached hydrogen (secondary N) is 2. The standard InChI is InChI=1S/C14H11N3O3S/c1-19-11-5-3-2-4-8(11)10-7-6-9(12(18)15-10)13-16-17-14(21)20-13/h2-7H,1H3,(H,15,18)(H,17,21). The molecular formula is C14H11N3O3S. The molecule has 0 aliphatic heterocycles. The highest BCUT2D eigenvalue weighted by Gasteiger charge is 2.12. The minimum absolute atomic E-state index is 0.123. The molecule has 21 heavy (non-hydrogen) atoms. The Morgan fingerprint density at radius 1 is 1.19 bits per heavy atom. The summed E-state index contributed by atoms with van der Waals surface area (Å²) < 4.78 is 10.4. The van der Waals surface area contributed by atoms with E-state index in [0.717, 1.165) is 5.56 Å². The number of ether oxygens (including phenoxy) is 1. The number of aromatic nitrogens is 3. The number of pyridine rings is 1. The van der Waals surface area contributed by atoms with Crippen LogP contribution in [0.3, 0.4) is 0 Å². The van der Waals surface area contributed by atoms with E-state index < -0.39 is 0 Å². The maximum atomic E-state index is 12.2. The van der Waals surface area contributed by atoms with Crippen molar-refractivity contribution in [3.63, 3.8) is 0 Å². The molecule has 3 rings (SSSR count). The van der Waals surface area contributed by atoms with Gasteiger partial charge < -0.3 is 14.1 Å². The Balaban J connectivity index is 2.10. The smallest absolute Gasteiger partial charge is 0.284 e. The first kappa shape index (κ1) is 13.3. The fraction of sp³-hybridized carbons (Fsp3) is 0.0714. The van der Waals surface area contributed by atoms with Gasteiger partial charge in [0.25, 0.3) is 16.3 Å². The van der Waals surface area contributed by atoms with Crippen LogP contribution in [0.1, 0.15) is 0 Å². The minimum atomic E-state index is -0.316. The van der Waals surface area contributed by atoms with E-state index in [9.17, 15) is 4.79 Å². The second-order valence-electron chi connectivity index (χ2n) is 4.23. The zero-order chi connectivity index (χ0) is 14.8. The third-order valence-corrected chi connectivity index (χ3v) is 3.15. The lowest BCUT2D eigenvalue weighted by atomic mass is 10.1. The predicted molar refractivity (Wildman–Crippen MR) is 79.7 cm³/mol. The number of hydrogen-bond acceptors (Lipinski definition) is 5. The molecule has 0 unspecified atom stereocenters. The molecule has 0 bridgehead atoms. The monoisotopic (exact) mass is 301 g/mol. The topological polar surface area (TPSA) is 83.9 Å². The molecule has 0 saturated carbocycles. The molecule has 0 fully saturated rings. The molecule has 0 radical (unpaired) electrons. The molecule has 2 aromatic heterocycles. The molecule has 6 nitrogen and oxygen atoms in total. The average Bonchev–Trinajstić information content (AvgIpc) is 2.93. The average molecular weight is 301 g/mol. The van der Waals surface area contributed by atoms with Crippen molar-refractivity contribution < 1.29 is 9.15 Å². The van der Waals surface area contributed by atoms with Gasteiger partial charge in [0, 0.05) is 5.56 Å². The summed E-state index contributed by atoms with van der Waals surface area (Å²) in [6, 6.07) is 10.8. The summed E-state index contributed by atoms with van der Waals surface area (Å²) in [7, 11) is 1.58. The van der Waals surface area contributed by atoms with Gasteiger partial charge >= 0.3 is 0 Å². The van der Waals surface area contributed by atoms with Crippen molar-refractivity contribution in [1.82, 2.24) is 15.2 Å². The van der Waals surface area contributed by atoms with Gasteiger partial charge in [0.2, 0.25) is 0 Å². The Hall–Kier alpha value is -2.67. The van der Waals surface area contributed by atoms with Gasteiger partial charge in [-0.15, -0.1) is 5.10 Å². The maximum absolute atomic E-state index is 12.2. The highest BCUT2D eigenvalue weighted by molar-refractivity contribution is 7.71. The molecule has 0 spiro atoms. The predicted octanol–water partition coefficient (Wildman–Crippen LogP) is 2.76. The SMILES string of the molecule is COc1ccccc1-c1ccc(-c2n[nH]c(=S)o2)c(=O)[nH]1. The molecule has 0 aliphatic rings. The van der Waals surface area contributed by atoms with E-state index in [2.05, 4.69) is 15.2 Å². The third-order valence-electron chi connectivity index (χ3n) is 2.98. The van der Waals surface area contributed by atoms with E-state index in [1.54, 1.807) is 19.2 Å². The van der Waals surface area contributed by atoms with Crippen LogP contribution in [0.4, 0.5) is 0 Å². The van der Waals surface area contributed by atoms with Crippen LogP contribution in [0.2, 0.25) is 0 Å². The number of H-pyrrole nitrogens is 2. The number of rotatable bonds is 3. The number of hydrogen-bond donors (Lipinski definition) is 2. The normalized spacial score (nSPS) is 10.5. The van der Waals surface area contributed by atoms with Crippen molar-refractivity contribution in [3.8, 4) is 28.5 Å². The Labute approximate surface area is 124 Å². The highest BCUT2D eigenvalue weighted by Crippen LogP contribution is 2.27. The molecule has 106 valence electrons. The molecule has 7 heteroatoms. The van der Waals surface area contributed by atoms with Crippen LogP contribution in [-0.2, 0) is 0 Å². The summed E-state index contributed by atoms with van der Waals surface area (Å²) in [4.78, 5) is 15.1. The molecule has 2 heterocycles. The van der Waals surface area contributed by atoms with Gasteiger partial charge in [0.05, 0.1) is 12.8 Å².